The van der Waals surface area contributed by atoms with Crippen LogP contribution in [-0.2, 0) is 0 Å². The lowest BCUT2D eigenvalue weighted by atomic mass is 10.1. The van der Waals surface area contributed by atoms with Crippen molar-refractivity contribution in [3.05, 3.63) is 64.4 Å². The maximum Gasteiger partial charge on any atom is 0.138 e. The highest BCUT2D eigenvalue weighted by atomic mass is 35.5. The maximum atomic E-state index is 12.9. The summed E-state index contributed by atoms with van der Waals surface area (Å²) in [5.74, 6) is 0.292. The van der Waals surface area contributed by atoms with E-state index in [1.54, 1.807) is 12.1 Å². The predicted molar refractivity (Wildman–Crippen MR) is 75.0 cm³/mol. The minimum atomic E-state index is -0.346. The van der Waals surface area contributed by atoms with Crippen molar-refractivity contribution in [3.8, 4) is 5.75 Å². The first-order valence-corrected chi connectivity index (χ1v) is 6.36. The number of ether oxygens (including phenoxy) is 1. The molecule has 19 heavy (non-hydrogen) atoms. The van der Waals surface area contributed by atoms with Crippen molar-refractivity contribution in [2.24, 2.45) is 5.73 Å². The van der Waals surface area contributed by atoms with Gasteiger partial charge in [0.2, 0.25) is 0 Å². The Morgan fingerprint density at radius 1 is 1.21 bits per heavy atom. The van der Waals surface area contributed by atoms with Crippen molar-refractivity contribution in [1.82, 2.24) is 0 Å². The van der Waals surface area contributed by atoms with Gasteiger partial charge in [0.25, 0.3) is 0 Å². The largest absolute Gasteiger partial charge is 0.483 e. The van der Waals surface area contributed by atoms with Gasteiger partial charge in [-0.2, -0.15) is 0 Å². The second kappa shape index (κ2) is 6.04. The van der Waals surface area contributed by atoms with Gasteiger partial charge in [-0.1, -0.05) is 29.8 Å². The Morgan fingerprint density at radius 2 is 1.89 bits per heavy atom. The van der Waals surface area contributed by atoms with Gasteiger partial charge in [-0.15, -0.1) is 0 Å². The van der Waals surface area contributed by atoms with Crippen LogP contribution in [0.25, 0.3) is 0 Å². The third kappa shape index (κ3) is 3.46. The van der Waals surface area contributed by atoms with Gasteiger partial charge >= 0.3 is 0 Å². The van der Waals surface area contributed by atoms with E-state index >= 15 is 0 Å². The molecule has 0 bridgehead atoms. The van der Waals surface area contributed by atoms with Gasteiger partial charge in [-0.05, 0) is 42.3 Å². The Hall–Kier alpha value is -1.58. The highest BCUT2D eigenvalue weighted by Gasteiger charge is 2.13. The van der Waals surface area contributed by atoms with E-state index in [0.717, 1.165) is 11.1 Å². The molecule has 1 atom stereocenters. The summed E-state index contributed by atoms with van der Waals surface area (Å²) >= 11 is 6.12. The van der Waals surface area contributed by atoms with Gasteiger partial charge in [-0.25, -0.2) is 4.39 Å². The zero-order valence-electron chi connectivity index (χ0n) is 10.6. The van der Waals surface area contributed by atoms with Gasteiger partial charge < -0.3 is 10.5 Å². The molecule has 2 aromatic carbocycles. The maximum absolute atomic E-state index is 12.9. The smallest absolute Gasteiger partial charge is 0.138 e. The fourth-order valence-corrected chi connectivity index (χ4v) is 2.06. The lowest BCUT2D eigenvalue weighted by Crippen LogP contribution is -2.18. The van der Waals surface area contributed by atoms with E-state index in [-0.39, 0.29) is 18.5 Å². The van der Waals surface area contributed by atoms with Crippen molar-refractivity contribution in [2.45, 2.75) is 13.0 Å². The number of nitrogens with two attached hydrogens (primary N) is 1. The molecule has 0 amide bonds. The Bertz CT molecular complexity index is 557. The lowest BCUT2D eigenvalue weighted by molar-refractivity contribution is 0.214. The first-order chi connectivity index (χ1) is 9.10. The van der Waals surface area contributed by atoms with Crippen LogP contribution in [-0.4, -0.2) is 6.54 Å². The zero-order chi connectivity index (χ0) is 13.8. The van der Waals surface area contributed by atoms with Crippen LogP contribution in [0.4, 0.5) is 4.39 Å². The van der Waals surface area contributed by atoms with Gasteiger partial charge in [0.05, 0.1) is 5.02 Å². The molecule has 0 saturated heterocycles. The topological polar surface area (TPSA) is 35.2 Å². The minimum absolute atomic E-state index is 0.284. The highest BCUT2D eigenvalue weighted by Crippen LogP contribution is 2.29. The summed E-state index contributed by atoms with van der Waals surface area (Å²) in [5.41, 5.74) is 7.59. The molecule has 0 saturated carbocycles. The SMILES string of the molecule is Cc1ccc(OC(CN)c2ccc(F)cc2)c(Cl)c1. The highest BCUT2D eigenvalue weighted by molar-refractivity contribution is 6.32. The fourth-order valence-electron chi connectivity index (χ4n) is 1.78. The quantitative estimate of drug-likeness (QED) is 0.922. The molecular formula is C15H15ClFNO. The standard InChI is InChI=1S/C15H15ClFNO/c1-10-2-7-14(13(16)8-10)19-15(9-18)11-3-5-12(17)6-4-11/h2-8,15H,9,18H2,1H3. The average Bonchev–Trinajstić information content (AvgIpc) is 2.39. The number of hydrogen-bond donors (Lipinski definition) is 1. The van der Waals surface area contributed by atoms with E-state index in [1.165, 1.54) is 12.1 Å². The molecule has 0 aliphatic carbocycles. The summed E-state index contributed by atoms with van der Waals surface area (Å²) in [6, 6.07) is 11.7. The molecule has 0 fully saturated rings. The summed E-state index contributed by atoms with van der Waals surface area (Å²) in [5, 5.41) is 0.542. The molecule has 0 aromatic heterocycles. The third-order valence-corrected chi connectivity index (χ3v) is 3.11. The molecule has 2 nitrogen and oxygen atoms in total. The molecule has 4 heteroatoms. The van der Waals surface area contributed by atoms with Crippen LogP contribution in [0.1, 0.15) is 17.2 Å². The van der Waals surface area contributed by atoms with Gasteiger partial charge in [-0.3, -0.25) is 0 Å². The van der Waals surface area contributed by atoms with Gasteiger partial charge in [0.15, 0.2) is 0 Å². The van der Waals surface area contributed by atoms with E-state index in [4.69, 9.17) is 22.1 Å². The fraction of sp³-hybridized carbons (Fsp3) is 0.200. The number of halogens is 2. The Labute approximate surface area is 117 Å². The minimum Gasteiger partial charge on any atom is -0.483 e. The Kier molecular flexibility index (Phi) is 4.40. The van der Waals surface area contributed by atoms with E-state index < -0.39 is 0 Å². The van der Waals surface area contributed by atoms with Crippen LogP contribution in [0.3, 0.4) is 0 Å². The molecule has 100 valence electrons. The number of hydrogen-bond acceptors (Lipinski definition) is 2. The number of aryl methyl sites for hydroxylation is 1. The Morgan fingerprint density at radius 3 is 2.47 bits per heavy atom. The van der Waals surface area contributed by atoms with Crippen LogP contribution < -0.4 is 10.5 Å². The summed E-state index contributed by atoms with van der Waals surface area (Å²) in [6.45, 7) is 2.24. The molecular weight excluding hydrogens is 265 g/mol. The summed E-state index contributed by atoms with van der Waals surface area (Å²) in [4.78, 5) is 0. The van der Waals surface area contributed by atoms with Crippen molar-refractivity contribution in [3.63, 3.8) is 0 Å². The second-order valence-electron chi connectivity index (χ2n) is 4.33. The summed E-state index contributed by atoms with van der Waals surface area (Å²) in [7, 11) is 0. The number of benzene rings is 2. The molecule has 0 aliphatic heterocycles. The van der Waals surface area contributed by atoms with E-state index in [1.807, 2.05) is 25.1 Å². The van der Waals surface area contributed by atoms with E-state index in [2.05, 4.69) is 0 Å². The molecule has 1 unspecified atom stereocenters. The molecule has 2 aromatic rings. The van der Waals surface area contributed by atoms with Crippen LogP contribution in [0.15, 0.2) is 42.5 Å². The Balaban J connectivity index is 2.21. The zero-order valence-corrected chi connectivity index (χ0v) is 11.3. The molecule has 2 N–H and O–H groups in total. The van der Waals surface area contributed by atoms with Gasteiger partial charge in [0.1, 0.15) is 17.7 Å². The predicted octanol–water partition coefficient (Wildman–Crippen LogP) is 3.87. The lowest BCUT2D eigenvalue weighted by Gasteiger charge is -2.19. The van der Waals surface area contributed by atoms with Crippen LogP contribution in [0.2, 0.25) is 5.02 Å². The molecule has 0 aliphatic rings. The van der Waals surface area contributed by atoms with Crippen molar-refractivity contribution < 1.29 is 9.13 Å². The van der Waals surface area contributed by atoms with Crippen molar-refractivity contribution in [2.75, 3.05) is 6.54 Å². The first kappa shape index (κ1) is 13.8. The van der Waals surface area contributed by atoms with Crippen LogP contribution in [0.5, 0.6) is 5.75 Å². The van der Waals surface area contributed by atoms with E-state index in [0.29, 0.717) is 10.8 Å². The molecule has 2 rings (SSSR count). The second-order valence-corrected chi connectivity index (χ2v) is 4.73. The molecule has 0 heterocycles. The number of rotatable bonds is 4. The van der Waals surface area contributed by atoms with Crippen LogP contribution >= 0.6 is 11.6 Å². The van der Waals surface area contributed by atoms with Gasteiger partial charge in [0, 0.05) is 6.54 Å². The van der Waals surface area contributed by atoms with Crippen molar-refractivity contribution >= 4 is 11.6 Å². The normalized spacial score (nSPS) is 12.2. The monoisotopic (exact) mass is 279 g/mol. The summed E-state index contributed by atoms with van der Waals surface area (Å²) < 4.78 is 18.7. The first-order valence-electron chi connectivity index (χ1n) is 5.98. The molecule has 0 spiro atoms. The van der Waals surface area contributed by atoms with Crippen molar-refractivity contribution in [1.29, 1.82) is 0 Å². The molecule has 0 radical (unpaired) electrons. The summed E-state index contributed by atoms with van der Waals surface area (Å²) in [6.07, 6.45) is -0.346. The van der Waals surface area contributed by atoms with E-state index in [9.17, 15) is 4.39 Å². The average molecular weight is 280 g/mol. The van der Waals surface area contributed by atoms with Crippen LogP contribution in [0, 0.1) is 12.7 Å². The third-order valence-electron chi connectivity index (χ3n) is 2.81.